The molecule has 0 aliphatic carbocycles. The normalized spacial score (nSPS) is 10.7. The second-order valence-electron chi connectivity index (χ2n) is 5.03. The molecule has 0 fully saturated rings. The summed E-state index contributed by atoms with van der Waals surface area (Å²) in [6.45, 7) is 2.05. The van der Waals surface area contributed by atoms with Gasteiger partial charge < -0.3 is 5.11 Å². The number of aromatic carboxylic acids is 1. The van der Waals surface area contributed by atoms with E-state index in [9.17, 15) is 14.3 Å². The second kappa shape index (κ2) is 6.00. The minimum Gasteiger partial charge on any atom is -0.476 e. The molecule has 1 N–H and O–H groups in total. The predicted octanol–water partition coefficient (Wildman–Crippen LogP) is 3.33. The molecule has 6 heteroatoms. The molecule has 0 aliphatic heterocycles. The van der Waals surface area contributed by atoms with Gasteiger partial charge in [0.2, 0.25) is 0 Å². The molecule has 0 saturated heterocycles. The van der Waals surface area contributed by atoms with Crippen molar-refractivity contribution < 1.29 is 14.3 Å². The van der Waals surface area contributed by atoms with E-state index in [2.05, 4.69) is 17.2 Å². The topological polar surface area (TPSA) is 68.0 Å². The van der Waals surface area contributed by atoms with Crippen molar-refractivity contribution in [1.29, 1.82) is 0 Å². The van der Waals surface area contributed by atoms with E-state index in [1.165, 1.54) is 28.9 Å². The summed E-state index contributed by atoms with van der Waals surface area (Å²) < 4.78 is 14.6. The van der Waals surface area contributed by atoms with Gasteiger partial charge in [-0.3, -0.25) is 0 Å². The quantitative estimate of drug-likeness (QED) is 0.802. The molecule has 1 heterocycles. The van der Waals surface area contributed by atoms with Gasteiger partial charge in [-0.1, -0.05) is 24.3 Å². The van der Waals surface area contributed by atoms with Gasteiger partial charge in [-0.25, -0.2) is 13.9 Å². The highest BCUT2D eigenvalue weighted by molar-refractivity contribution is 5.93. The van der Waals surface area contributed by atoms with Gasteiger partial charge in [-0.2, -0.15) is 0 Å². The fourth-order valence-corrected chi connectivity index (χ4v) is 2.35. The summed E-state index contributed by atoms with van der Waals surface area (Å²) in [7, 11) is 0. The molecule has 1 aromatic heterocycles. The largest absolute Gasteiger partial charge is 0.476 e. The van der Waals surface area contributed by atoms with E-state index in [0.29, 0.717) is 16.9 Å². The number of halogens is 1. The first kappa shape index (κ1) is 14.9. The van der Waals surface area contributed by atoms with Gasteiger partial charge in [-0.15, -0.1) is 5.10 Å². The third kappa shape index (κ3) is 2.83. The molecule has 0 spiro atoms. The minimum absolute atomic E-state index is 0.170. The van der Waals surface area contributed by atoms with Crippen LogP contribution in [0.3, 0.4) is 0 Å². The van der Waals surface area contributed by atoms with Crippen LogP contribution in [-0.4, -0.2) is 26.1 Å². The molecule has 0 radical (unpaired) electrons. The van der Waals surface area contributed by atoms with Crippen molar-refractivity contribution in [3.8, 4) is 16.9 Å². The van der Waals surface area contributed by atoms with E-state index in [1.54, 1.807) is 0 Å². The number of carboxylic acid groups (broad SMARTS) is 1. The molecule has 116 valence electrons. The van der Waals surface area contributed by atoms with E-state index in [-0.39, 0.29) is 5.69 Å². The fraction of sp³-hybridized carbons (Fsp3) is 0.118. The lowest BCUT2D eigenvalue weighted by Crippen LogP contribution is -2.03. The molecule has 0 aliphatic rings. The van der Waals surface area contributed by atoms with Crippen LogP contribution in [0, 0.1) is 5.82 Å². The Kier molecular flexibility index (Phi) is 3.89. The molecule has 3 rings (SSSR count). The zero-order valence-corrected chi connectivity index (χ0v) is 12.4. The lowest BCUT2D eigenvalue weighted by atomic mass is 10.1. The highest BCUT2D eigenvalue weighted by Gasteiger charge is 2.21. The standard InChI is InChI=1S/C17H14FN3O2/c1-2-11-3-9-14(10-4-11)21-16(15(17(22)23)19-20-21)12-5-7-13(18)8-6-12/h3-10H,2H2,1H3,(H,22,23). The highest BCUT2D eigenvalue weighted by atomic mass is 19.1. The van der Waals surface area contributed by atoms with Crippen LogP contribution in [0.25, 0.3) is 16.9 Å². The van der Waals surface area contributed by atoms with E-state index in [0.717, 1.165) is 12.0 Å². The van der Waals surface area contributed by atoms with Crippen LogP contribution >= 0.6 is 0 Å². The van der Waals surface area contributed by atoms with Crippen LogP contribution in [0.2, 0.25) is 0 Å². The Morgan fingerprint density at radius 1 is 1.13 bits per heavy atom. The summed E-state index contributed by atoms with van der Waals surface area (Å²) in [5.74, 6) is -1.57. The lowest BCUT2D eigenvalue weighted by Gasteiger charge is -2.08. The van der Waals surface area contributed by atoms with Crippen LogP contribution < -0.4 is 0 Å². The smallest absolute Gasteiger partial charge is 0.358 e. The molecule has 0 amide bonds. The predicted molar refractivity (Wildman–Crippen MR) is 83.1 cm³/mol. The van der Waals surface area contributed by atoms with Crippen molar-refractivity contribution in [2.24, 2.45) is 0 Å². The highest BCUT2D eigenvalue weighted by Crippen LogP contribution is 2.25. The van der Waals surface area contributed by atoms with Gasteiger partial charge in [0.05, 0.1) is 5.69 Å². The third-order valence-corrected chi connectivity index (χ3v) is 3.58. The van der Waals surface area contributed by atoms with Gasteiger partial charge in [0.1, 0.15) is 11.5 Å². The second-order valence-corrected chi connectivity index (χ2v) is 5.03. The van der Waals surface area contributed by atoms with Gasteiger partial charge in [0.25, 0.3) is 0 Å². The molecule has 0 saturated carbocycles. The van der Waals surface area contributed by atoms with E-state index >= 15 is 0 Å². The maximum Gasteiger partial charge on any atom is 0.358 e. The Bertz CT molecular complexity index is 839. The number of rotatable bonds is 4. The van der Waals surface area contributed by atoms with Crippen molar-refractivity contribution in [3.63, 3.8) is 0 Å². The van der Waals surface area contributed by atoms with Crippen LogP contribution in [0.15, 0.2) is 48.5 Å². The summed E-state index contributed by atoms with van der Waals surface area (Å²) in [5, 5.41) is 17.0. The maximum absolute atomic E-state index is 13.1. The Labute approximate surface area is 132 Å². The number of carbonyl (C=O) groups is 1. The number of aromatic nitrogens is 3. The van der Waals surface area contributed by atoms with Gasteiger partial charge in [0.15, 0.2) is 5.69 Å². The number of aryl methyl sites for hydroxylation is 1. The minimum atomic E-state index is -1.18. The number of benzene rings is 2. The van der Waals surface area contributed by atoms with Gasteiger partial charge in [0, 0.05) is 5.56 Å². The van der Waals surface area contributed by atoms with Gasteiger partial charge >= 0.3 is 5.97 Å². The van der Waals surface area contributed by atoms with Crippen molar-refractivity contribution in [2.75, 3.05) is 0 Å². The molecular formula is C17H14FN3O2. The molecule has 23 heavy (non-hydrogen) atoms. The Balaban J connectivity index is 2.17. The van der Waals surface area contributed by atoms with Crippen LogP contribution in [0.4, 0.5) is 4.39 Å². The van der Waals surface area contributed by atoms with Crippen LogP contribution in [0.1, 0.15) is 23.0 Å². The van der Waals surface area contributed by atoms with Crippen LogP contribution in [-0.2, 0) is 6.42 Å². The Morgan fingerprint density at radius 2 is 1.78 bits per heavy atom. The first-order valence-corrected chi connectivity index (χ1v) is 7.14. The molecule has 3 aromatic rings. The van der Waals surface area contributed by atoms with Crippen molar-refractivity contribution in [2.45, 2.75) is 13.3 Å². The molecular weight excluding hydrogens is 297 g/mol. The zero-order chi connectivity index (χ0) is 16.4. The van der Waals surface area contributed by atoms with Gasteiger partial charge in [-0.05, 0) is 48.4 Å². The summed E-state index contributed by atoms with van der Waals surface area (Å²) in [6, 6.07) is 13.2. The first-order valence-electron chi connectivity index (χ1n) is 7.14. The molecule has 0 bridgehead atoms. The first-order chi connectivity index (χ1) is 11.1. The SMILES string of the molecule is CCc1ccc(-n2nnc(C(=O)O)c2-c2ccc(F)cc2)cc1. The number of hydrogen-bond acceptors (Lipinski definition) is 3. The zero-order valence-electron chi connectivity index (χ0n) is 12.4. The average molecular weight is 311 g/mol. The van der Waals surface area contributed by atoms with Crippen molar-refractivity contribution in [3.05, 3.63) is 65.6 Å². The molecule has 0 atom stereocenters. The maximum atomic E-state index is 13.1. The summed E-state index contributed by atoms with van der Waals surface area (Å²) >= 11 is 0. The van der Waals surface area contributed by atoms with Crippen LogP contribution in [0.5, 0.6) is 0 Å². The summed E-state index contributed by atoms with van der Waals surface area (Å²) in [4.78, 5) is 11.4. The fourth-order valence-electron chi connectivity index (χ4n) is 2.35. The number of nitrogens with zero attached hydrogens (tertiary/aromatic N) is 3. The lowest BCUT2D eigenvalue weighted by molar-refractivity contribution is 0.0691. The Hall–Kier alpha value is -3.02. The molecule has 5 nitrogen and oxygen atoms in total. The van der Waals surface area contributed by atoms with Crippen molar-refractivity contribution >= 4 is 5.97 Å². The molecule has 2 aromatic carbocycles. The third-order valence-electron chi connectivity index (χ3n) is 3.58. The Morgan fingerprint density at radius 3 is 2.35 bits per heavy atom. The van der Waals surface area contributed by atoms with E-state index in [1.807, 2.05) is 24.3 Å². The van der Waals surface area contributed by atoms with Crippen molar-refractivity contribution in [1.82, 2.24) is 15.0 Å². The monoisotopic (exact) mass is 311 g/mol. The van der Waals surface area contributed by atoms with E-state index in [4.69, 9.17) is 0 Å². The summed E-state index contributed by atoms with van der Waals surface area (Å²) in [5.41, 5.74) is 2.54. The number of hydrogen-bond donors (Lipinski definition) is 1. The summed E-state index contributed by atoms with van der Waals surface area (Å²) in [6.07, 6.45) is 0.906. The van der Waals surface area contributed by atoms with E-state index < -0.39 is 11.8 Å². The molecule has 0 unspecified atom stereocenters. The average Bonchev–Trinajstić information content (AvgIpc) is 3.01. The number of carboxylic acids is 1.